The third kappa shape index (κ3) is 2.32. The molecule has 5 heteroatoms. The number of hydrogen-bond acceptors (Lipinski definition) is 2. The van der Waals surface area contributed by atoms with E-state index in [0.29, 0.717) is 22.2 Å². The van der Waals surface area contributed by atoms with Crippen molar-refractivity contribution in [1.29, 1.82) is 0 Å². The Morgan fingerprint density at radius 2 is 2.11 bits per heavy atom. The van der Waals surface area contributed by atoms with Crippen LogP contribution in [0.2, 0.25) is 5.02 Å². The maximum Gasteiger partial charge on any atom is 0.149 e. The molecule has 0 aliphatic heterocycles. The fourth-order valence-electron chi connectivity index (χ4n) is 1.80. The summed E-state index contributed by atoms with van der Waals surface area (Å²) in [4.78, 5) is 0. The molecule has 1 heterocycles. The van der Waals surface area contributed by atoms with Crippen LogP contribution < -0.4 is 0 Å². The monoisotopic (exact) mass is 332 g/mol. The molecule has 0 fully saturated rings. The largest absolute Gasteiger partial charge is 0.469 e. The van der Waals surface area contributed by atoms with E-state index in [9.17, 15) is 9.50 Å². The van der Waals surface area contributed by atoms with Crippen LogP contribution in [-0.4, -0.2) is 5.11 Å². The van der Waals surface area contributed by atoms with Crippen LogP contribution in [0.3, 0.4) is 0 Å². The molecule has 0 aliphatic rings. The van der Waals surface area contributed by atoms with Crippen molar-refractivity contribution in [3.63, 3.8) is 0 Å². The summed E-state index contributed by atoms with van der Waals surface area (Å²) in [6.45, 7) is 1.90. The molecule has 2 rings (SSSR count). The van der Waals surface area contributed by atoms with Crippen molar-refractivity contribution >= 4 is 27.5 Å². The molecule has 2 nitrogen and oxygen atoms in total. The predicted molar refractivity (Wildman–Crippen MR) is 71.3 cm³/mol. The summed E-state index contributed by atoms with van der Waals surface area (Å²) in [5.41, 5.74) is 0.703. The van der Waals surface area contributed by atoms with Crippen molar-refractivity contribution < 1.29 is 13.9 Å². The van der Waals surface area contributed by atoms with E-state index in [1.807, 2.05) is 6.92 Å². The lowest BCUT2D eigenvalue weighted by Gasteiger charge is -2.13. The second kappa shape index (κ2) is 5.43. The zero-order valence-corrected chi connectivity index (χ0v) is 11.9. The van der Waals surface area contributed by atoms with Gasteiger partial charge >= 0.3 is 0 Å². The van der Waals surface area contributed by atoms with Crippen LogP contribution in [0.15, 0.2) is 33.4 Å². The van der Waals surface area contributed by atoms with Gasteiger partial charge in [-0.25, -0.2) is 4.39 Å². The zero-order chi connectivity index (χ0) is 13.3. The Bertz CT molecular complexity index is 568. The highest BCUT2D eigenvalue weighted by molar-refractivity contribution is 9.10. The number of aliphatic hydroxyl groups excluding tert-OH is 1. The molecular formula is C13H11BrClFO2. The first-order valence-corrected chi connectivity index (χ1v) is 6.61. The van der Waals surface area contributed by atoms with Gasteiger partial charge in [0.15, 0.2) is 0 Å². The van der Waals surface area contributed by atoms with Crippen LogP contribution in [0.5, 0.6) is 0 Å². The average molecular weight is 334 g/mol. The van der Waals surface area contributed by atoms with Gasteiger partial charge in [0.05, 0.1) is 11.3 Å². The first-order chi connectivity index (χ1) is 8.56. The molecule has 96 valence electrons. The van der Waals surface area contributed by atoms with Gasteiger partial charge < -0.3 is 9.52 Å². The number of benzene rings is 1. The maximum absolute atomic E-state index is 14.0. The van der Waals surface area contributed by atoms with Crippen LogP contribution >= 0.6 is 27.5 Å². The summed E-state index contributed by atoms with van der Waals surface area (Å²) >= 11 is 8.94. The molecular weight excluding hydrogens is 322 g/mol. The number of furan rings is 1. The lowest BCUT2D eigenvalue weighted by atomic mass is 10.0. The van der Waals surface area contributed by atoms with Crippen molar-refractivity contribution in [2.24, 2.45) is 0 Å². The molecule has 1 atom stereocenters. The van der Waals surface area contributed by atoms with Crippen LogP contribution in [-0.2, 0) is 6.42 Å². The second-order valence-corrected chi connectivity index (χ2v) is 5.05. The van der Waals surface area contributed by atoms with Crippen molar-refractivity contribution in [3.8, 4) is 0 Å². The molecule has 1 aromatic heterocycles. The van der Waals surface area contributed by atoms with Gasteiger partial charge in [0.2, 0.25) is 0 Å². The third-order valence-electron chi connectivity index (χ3n) is 2.76. The Kier molecular flexibility index (Phi) is 4.10. The van der Waals surface area contributed by atoms with Gasteiger partial charge in [0, 0.05) is 22.0 Å². The minimum atomic E-state index is -1.08. The fourth-order valence-corrected chi connectivity index (χ4v) is 2.28. The molecule has 2 aromatic rings. The summed E-state index contributed by atoms with van der Waals surface area (Å²) in [6, 6.07) is 4.75. The van der Waals surface area contributed by atoms with Crippen molar-refractivity contribution in [2.45, 2.75) is 19.4 Å². The standard InChI is InChI=1S/C13H11BrClFO2/c1-2-10-7(5-6-18-10)13(17)8-3-4-9(14)11(15)12(8)16/h3-6,13,17H,2H2,1H3. The van der Waals surface area contributed by atoms with E-state index in [0.717, 1.165) is 0 Å². The van der Waals surface area contributed by atoms with Gasteiger partial charge in [-0.2, -0.15) is 0 Å². The average Bonchev–Trinajstić information content (AvgIpc) is 2.83. The summed E-state index contributed by atoms with van der Waals surface area (Å²) in [6.07, 6.45) is 1.03. The Balaban J connectivity index is 2.46. The fraction of sp³-hybridized carbons (Fsp3) is 0.231. The molecule has 0 saturated heterocycles. The number of aryl methyl sites for hydroxylation is 1. The van der Waals surface area contributed by atoms with Gasteiger partial charge in [-0.1, -0.05) is 24.6 Å². The molecule has 0 saturated carbocycles. The quantitative estimate of drug-likeness (QED) is 0.840. The van der Waals surface area contributed by atoms with Crippen molar-refractivity contribution in [3.05, 3.63) is 56.7 Å². The van der Waals surface area contributed by atoms with Crippen molar-refractivity contribution in [2.75, 3.05) is 0 Å². The van der Waals surface area contributed by atoms with Crippen LogP contribution in [0.25, 0.3) is 0 Å². The van der Waals surface area contributed by atoms with E-state index in [1.54, 1.807) is 12.1 Å². The molecule has 1 N–H and O–H groups in total. The number of halogens is 3. The van der Waals surface area contributed by atoms with E-state index in [1.165, 1.54) is 12.3 Å². The Labute approximate surface area is 118 Å². The van der Waals surface area contributed by atoms with Gasteiger partial charge in [-0.05, 0) is 28.1 Å². The zero-order valence-electron chi connectivity index (χ0n) is 9.58. The SMILES string of the molecule is CCc1occc1C(O)c1ccc(Br)c(Cl)c1F. The lowest BCUT2D eigenvalue weighted by Crippen LogP contribution is -2.04. The minimum absolute atomic E-state index is 0.0342. The molecule has 0 spiro atoms. The van der Waals surface area contributed by atoms with E-state index in [4.69, 9.17) is 16.0 Å². The third-order valence-corrected chi connectivity index (χ3v) is 4.01. The molecule has 0 bridgehead atoms. The summed E-state index contributed by atoms with van der Waals surface area (Å²) in [5, 5.41) is 10.2. The Morgan fingerprint density at radius 3 is 2.78 bits per heavy atom. The maximum atomic E-state index is 14.0. The normalized spacial score (nSPS) is 12.7. The second-order valence-electron chi connectivity index (χ2n) is 3.82. The van der Waals surface area contributed by atoms with E-state index < -0.39 is 11.9 Å². The highest BCUT2D eigenvalue weighted by atomic mass is 79.9. The first kappa shape index (κ1) is 13.6. The van der Waals surface area contributed by atoms with Crippen molar-refractivity contribution in [1.82, 2.24) is 0 Å². The predicted octanol–water partition coefficient (Wildman–Crippen LogP) is 4.48. The highest BCUT2D eigenvalue weighted by Crippen LogP contribution is 2.34. The summed E-state index contributed by atoms with van der Waals surface area (Å²) in [7, 11) is 0. The van der Waals surface area contributed by atoms with Crippen LogP contribution in [0, 0.1) is 5.82 Å². The first-order valence-electron chi connectivity index (χ1n) is 5.44. The molecule has 0 amide bonds. The van der Waals surface area contributed by atoms with Gasteiger partial charge in [0.1, 0.15) is 17.7 Å². The van der Waals surface area contributed by atoms with Gasteiger partial charge in [-0.15, -0.1) is 0 Å². The molecule has 0 radical (unpaired) electrons. The van der Waals surface area contributed by atoms with Crippen LogP contribution in [0.1, 0.15) is 29.9 Å². The molecule has 0 aliphatic carbocycles. The number of hydrogen-bond donors (Lipinski definition) is 1. The van der Waals surface area contributed by atoms with E-state index >= 15 is 0 Å². The molecule has 1 aromatic carbocycles. The Morgan fingerprint density at radius 1 is 1.39 bits per heavy atom. The molecule has 1 unspecified atom stereocenters. The minimum Gasteiger partial charge on any atom is -0.469 e. The summed E-state index contributed by atoms with van der Waals surface area (Å²) < 4.78 is 19.7. The number of aliphatic hydroxyl groups is 1. The van der Waals surface area contributed by atoms with Crippen LogP contribution in [0.4, 0.5) is 4.39 Å². The highest BCUT2D eigenvalue weighted by Gasteiger charge is 2.21. The number of rotatable bonds is 3. The lowest BCUT2D eigenvalue weighted by molar-refractivity contribution is 0.212. The summed E-state index contributed by atoms with van der Waals surface area (Å²) in [5.74, 6) is 0.0164. The van der Waals surface area contributed by atoms with Gasteiger partial charge in [-0.3, -0.25) is 0 Å². The van der Waals surface area contributed by atoms with E-state index in [-0.39, 0.29) is 10.6 Å². The molecule has 18 heavy (non-hydrogen) atoms. The Hall–Kier alpha value is -0.840. The van der Waals surface area contributed by atoms with E-state index in [2.05, 4.69) is 15.9 Å². The topological polar surface area (TPSA) is 33.4 Å². The van der Waals surface area contributed by atoms with Gasteiger partial charge in [0.25, 0.3) is 0 Å². The smallest absolute Gasteiger partial charge is 0.149 e.